The van der Waals surface area contributed by atoms with E-state index in [0.717, 1.165) is 44.5 Å². The topological polar surface area (TPSA) is 61.9 Å². The number of rotatable bonds is 4. The Kier molecular flexibility index (Phi) is 4.99. The van der Waals surface area contributed by atoms with Gasteiger partial charge in [0.2, 0.25) is 0 Å². The number of fused-ring (bicyclic) bond motifs is 1. The lowest BCUT2D eigenvalue weighted by atomic mass is 9.96. The molecular weight excluding hydrogens is 336 g/mol. The fourth-order valence-corrected chi connectivity index (χ4v) is 3.84. The zero-order valence-corrected chi connectivity index (χ0v) is 15.2. The van der Waals surface area contributed by atoms with E-state index in [-0.39, 0.29) is 5.56 Å². The van der Waals surface area contributed by atoms with Crippen LogP contribution < -0.4 is 5.56 Å². The molecule has 1 fully saturated rings. The van der Waals surface area contributed by atoms with E-state index in [0.29, 0.717) is 16.9 Å². The number of benzene rings is 2. The first-order valence-electron chi connectivity index (χ1n) is 9.38. The van der Waals surface area contributed by atoms with Crippen molar-refractivity contribution in [1.82, 2.24) is 14.5 Å². The molecule has 2 heterocycles. The molecule has 27 heavy (non-hydrogen) atoms. The Morgan fingerprint density at radius 2 is 1.93 bits per heavy atom. The van der Waals surface area contributed by atoms with Crippen molar-refractivity contribution in [3.8, 4) is 6.07 Å². The molecule has 3 aromatic rings. The number of aromatic nitrogens is 2. The second-order valence-electron chi connectivity index (χ2n) is 7.25. The van der Waals surface area contributed by atoms with E-state index in [1.54, 1.807) is 10.9 Å². The summed E-state index contributed by atoms with van der Waals surface area (Å²) in [5, 5.41) is 9.72. The smallest absolute Gasteiger partial charge is 0.261 e. The molecule has 0 saturated carbocycles. The fraction of sp³-hybridized carbons (Fsp3) is 0.318. The van der Waals surface area contributed by atoms with Crippen LogP contribution in [0.5, 0.6) is 0 Å². The minimum Gasteiger partial charge on any atom is -0.299 e. The van der Waals surface area contributed by atoms with Gasteiger partial charge in [-0.2, -0.15) is 5.26 Å². The minimum absolute atomic E-state index is 0.0522. The Morgan fingerprint density at radius 1 is 1.11 bits per heavy atom. The summed E-state index contributed by atoms with van der Waals surface area (Å²) >= 11 is 0. The van der Waals surface area contributed by atoms with E-state index in [1.807, 2.05) is 42.5 Å². The van der Waals surface area contributed by atoms with Gasteiger partial charge < -0.3 is 0 Å². The molecule has 0 unspecified atom stereocenters. The van der Waals surface area contributed by atoms with E-state index in [1.165, 1.54) is 5.56 Å². The second-order valence-corrected chi connectivity index (χ2v) is 7.25. The van der Waals surface area contributed by atoms with Crippen molar-refractivity contribution in [2.24, 2.45) is 5.92 Å². The van der Waals surface area contributed by atoms with Crippen molar-refractivity contribution in [1.29, 1.82) is 5.26 Å². The molecule has 0 N–H and O–H groups in total. The van der Waals surface area contributed by atoms with Gasteiger partial charge in [0.15, 0.2) is 0 Å². The quantitative estimate of drug-likeness (QED) is 0.719. The molecule has 0 bridgehead atoms. The summed E-state index contributed by atoms with van der Waals surface area (Å²) in [7, 11) is 0. The van der Waals surface area contributed by atoms with Crippen LogP contribution in [0.4, 0.5) is 0 Å². The van der Waals surface area contributed by atoms with Gasteiger partial charge in [0, 0.05) is 13.1 Å². The van der Waals surface area contributed by atoms with Gasteiger partial charge in [-0.15, -0.1) is 0 Å². The molecule has 0 atom stereocenters. The van der Waals surface area contributed by atoms with Gasteiger partial charge in [-0.1, -0.05) is 24.3 Å². The van der Waals surface area contributed by atoms with E-state index < -0.39 is 0 Å². The highest BCUT2D eigenvalue weighted by atomic mass is 16.1. The minimum atomic E-state index is 0.0522. The van der Waals surface area contributed by atoms with E-state index in [4.69, 9.17) is 5.26 Å². The van der Waals surface area contributed by atoms with Crippen LogP contribution in [-0.2, 0) is 13.1 Å². The number of para-hydroxylation sites is 1. The Balaban J connectivity index is 1.38. The van der Waals surface area contributed by atoms with Gasteiger partial charge in [0.25, 0.3) is 5.56 Å². The fourth-order valence-electron chi connectivity index (χ4n) is 3.84. The first-order valence-corrected chi connectivity index (χ1v) is 9.38. The summed E-state index contributed by atoms with van der Waals surface area (Å²) in [5.41, 5.74) is 2.71. The first kappa shape index (κ1) is 17.4. The van der Waals surface area contributed by atoms with Gasteiger partial charge in [-0.05, 0) is 61.7 Å². The Bertz CT molecular complexity index is 1040. The summed E-state index contributed by atoms with van der Waals surface area (Å²) in [6.45, 7) is 3.63. The normalized spacial score (nSPS) is 15.7. The van der Waals surface area contributed by atoms with Crippen LogP contribution in [0.2, 0.25) is 0 Å². The zero-order chi connectivity index (χ0) is 18.6. The van der Waals surface area contributed by atoms with E-state index in [9.17, 15) is 4.79 Å². The standard InChI is InChI=1S/C22H22N4O/c23-13-18-4-3-5-19(12-18)14-25-10-8-17(9-11-25)15-26-16-24-21-7-2-1-6-20(21)22(26)27/h1-7,12,16-17H,8-11,14-15H2. The van der Waals surface area contributed by atoms with Crippen LogP contribution in [0.1, 0.15) is 24.0 Å². The van der Waals surface area contributed by atoms with Crippen molar-refractivity contribution in [3.63, 3.8) is 0 Å². The van der Waals surface area contributed by atoms with Gasteiger partial charge in [-0.25, -0.2) is 4.98 Å². The van der Waals surface area contributed by atoms with Crippen LogP contribution >= 0.6 is 0 Å². The molecule has 136 valence electrons. The lowest BCUT2D eigenvalue weighted by molar-refractivity contribution is 0.166. The lowest BCUT2D eigenvalue weighted by Gasteiger charge is -2.32. The summed E-state index contributed by atoms with van der Waals surface area (Å²) in [4.78, 5) is 19.5. The summed E-state index contributed by atoms with van der Waals surface area (Å²) in [6.07, 6.45) is 3.82. The molecule has 0 amide bonds. The summed E-state index contributed by atoms with van der Waals surface area (Å²) < 4.78 is 1.76. The van der Waals surface area contributed by atoms with Crippen molar-refractivity contribution in [2.45, 2.75) is 25.9 Å². The van der Waals surface area contributed by atoms with Gasteiger partial charge >= 0.3 is 0 Å². The molecule has 2 aromatic carbocycles. The molecule has 1 aliphatic rings. The van der Waals surface area contributed by atoms with E-state index >= 15 is 0 Å². The lowest BCUT2D eigenvalue weighted by Crippen LogP contribution is -2.36. The number of hydrogen-bond donors (Lipinski definition) is 0. The highest BCUT2D eigenvalue weighted by Crippen LogP contribution is 2.21. The maximum absolute atomic E-state index is 12.7. The predicted octanol–water partition coefficient (Wildman–Crippen LogP) is 3.18. The SMILES string of the molecule is N#Cc1cccc(CN2CCC(Cn3cnc4ccccc4c3=O)CC2)c1. The maximum atomic E-state index is 12.7. The number of nitrogens with zero attached hydrogens (tertiary/aromatic N) is 4. The Hall–Kier alpha value is -2.97. The molecule has 1 aromatic heterocycles. The highest BCUT2D eigenvalue weighted by molar-refractivity contribution is 5.76. The first-order chi connectivity index (χ1) is 13.2. The third-order valence-corrected chi connectivity index (χ3v) is 5.36. The molecule has 5 heteroatoms. The van der Waals surface area contributed by atoms with Gasteiger partial charge in [0.1, 0.15) is 0 Å². The summed E-state index contributed by atoms with van der Waals surface area (Å²) in [6, 6.07) is 17.5. The van der Waals surface area contributed by atoms with Crippen molar-refractivity contribution >= 4 is 10.9 Å². The number of hydrogen-bond acceptors (Lipinski definition) is 4. The van der Waals surface area contributed by atoms with E-state index in [2.05, 4.69) is 22.0 Å². The van der Waals surface area contributed by atoms with Crippen molar-refractivity contribution in [3.05, 3.63) is 76.3 Å². The molecule has 4 rings (SSSR count). The highest BCUT2D eigenvalue weighted by Gasteiger charge is 2.20. The third-order valence-electron chi connectivity index (χ3n) is 5.36. The van der Waals surface area contributed by atoms with Crippen LogP contribution in [0.15, 0.2) is 59.7 Å². The third kappa shape index (κ3) is 3.91. The van der Waals surface area contributed by atoms with Crippen LogP contribution in [-0.4, -0.2) is 27.5 Å². The molecule has 0 radical (unpaired) electrons. The monoisotopic (exact) mass is 358 g/mol. The zero-order valence-electron chi connectivity index (χ0n) is 15.2. The Morgan fingerprint density at radius 3 is 2.74 bits per heavy atom. The van der Waals surface area contributed by atoms with Crippen molar-refractivity contribution < 1.29 is 0 Å². The molecule has 1 aliphatic heterocycles. The average Bonchev–Trinajstić information content (AvgIpc) is 2.72. The van der Waals surface area contributed by atoms with Crippen LogP contribution in [0.25, 0.3) is 10.9 Å². The molecule has 0 aliphatic carbocycles. The average molecular weight is 358 g/mol. The van der Waals surface area contributed by atoms with Crippen LogP contribution in [0.3, 0.4) is 0 Å². The summed E-state index contributed by atoms with van der Waals surface area (Å²) in [5.74, 6) is 0.493. The molecule has 0 spiro atoms. The predicted molar refractivity (Wildman–Crippen MR) is 105 cm³/mol. The maximum Gasteiger partial charge on any atom is 0.261 e. The number of piperidine rings is 1. The number of nitriles is 1. The molecule has 1 saturated heterocycles. The largest absolute Gasteiger partial charge is 0.299 e. The van der Waals surface area contributed by atoms with Crippen LogP contribution in [0, 0.1) is 17.2 Å². The second kappa shape index (κ2) is 7.73. The number of likely N-dealkylation sites (tertiary alicyclic amines) is 1. The van der Waals surface area contributed by atoms with Crippen molar-refractivity contribution in [2.75, 3.05) is 13.1 Å². The Labute approximate surface area is 158 Å². The van der Waals surface area contributed by atoms with Gasteiger partial charge in [0.05, 0.1) is 28.9 Å². The molecule has 5 nitrogen and oxygen atoms in total. The molecular formula is C22H22N4O. The van der Waals surface area contributed by atoms with Gasteiger partial charge in [-0.3, -0.25) is 14.3 Å².